The van der Waals surface area contributed by atoms with Crippen molar-refractivity contribution >= 4 is 17.4 Å². The number of hydrogen-bond acceptors (Lipinski definition) is 5. The third kappa shape index (κ3) is 3.68. The zero-order valence-corrected chi connectivity index (χ0v) is 10.8. The van der Waals surface area contributed by atoms with E-state index in [-0.39, 0.29) is 0 Å². The lowest BCUT2D eigenvalue weighted by Crippen LogP contribution is -2.26. The number of carbonyl (C=O) groups excluding carboxylic acids is 1. The number of nitrogens with zero attached hydrogens (tertiary/aromatic N) is 2. The Morgan fingerprint density at radius 2 is 2.00 bits per heavy atom. The number of Topliss-reactive ketones (excluding diaryl/α,β-unsaturated/α-hetero) is 1. The lowest BCUT2D eigenvalue weighted by Gasteiger charge is -2.22. The third-order valence-corrected chi connectivity index (χ3v) is 3.12. The number of rotatable bonds is 5. The molecule has 1 aliphatic carbocycles. The highest BCUT2D eigenvalue weighted by Crippen LogP contribution is 2.19. The fraction of sp³-hybridized carbons (Fsp3) is 0.615. The molecule has 2 N–H and O–H groups in total. The van der Waals surface area contributed by atoms with Crippen LogP contribution in [0.4, 0.5) is 11.6 Å². The maximum Gasteiger partial charge on any atom is 0.133 e. The van der Waals surface area contributed by atoms with Crippen LogP contribution >= 0.6 is 0 Å². The predicted molar refractivity (Wildman–Crippen MR) is 71.7 cm³/mol. The Labute approximate surface area is 107 Å². The average Bonchev–Trinajstić information content (AvgIpc) is 2.40. The van der Waals surface area contributed by atoms with Crippen molar-refractivity contribution in [1.29, 1.82) is 0 Å². The van der Waals surface area contributed by atoms with E-state index in [1.807, 2.05) is 6.07 Å². The second-order valence-corrected chi connectivity index (χ2v) is 4.67. The van der Waals surface area contributed by atoms with E-state index < -0.39 is 0 Å². The first-order chi connectivity index (χ1) is 8.78. The number of carbonyl (C=O) groups is 1. The molecule has 18 heavy (non-hydrogen) atoms. The van der Waals surface area contributed by atoms with E-state index in [4.69, 9.17) is 0 Å². The third-order valence-electron chi connectivity index (χ3n) is 3.12. The summed E-state index contributed by atoms with van der Waals surface area (Å²) in [4.78, 5) is 19.5. The van der Waals surface area contributed by atoms with E-state index in [0.29, 0.717) is 24.7 Å². The van der Waals surface area contributed by atoms with Gasteiger partial charge in [0.1, 0.15) is 23.7 Å². The highest BCUT2D eigenvalue weighted by atomic mass is 16.1. The Morgan fingerprint density at radius 1 is 1.28 bits per heavy atom. The molecule has 1 aromatic heterocycles. The van der Waals surface area contributed by atoms with Crippen LogP contribution in [0.1, 0.15) is 39.0 Å². The van der Waals surface area contributed by atoms with Crippen molar-refractivity contribution in [3.63, 3.8) is 0 Å². The minimum atomic E-state index is 0.358. The SMILES string of the molecule is CCCNc1cc(NC2CCC(=O)CC2)ncn1. The van der Waals surface area contributed by atoms with Crippen molar-refractivity contribution < 1.29 is 4.79 Å². The monoisotopic (exact) mass is 248 g/mol. The summed E-state index contributed by atoms with van der Waals surface area (Å²) in [6.07, 6.45) is 5.81. The zero-order valence-electron chi connectivity index (χ0n) is 10.8. The van der Waals surface area contributed by atoms with Crippen LogP contribution in [0.2, 0.25) is 0 Å². The Hall–Kier alpha value is -1.65. The van der Waals surface area contributed by atoms with Gasteiger partial charge in [-0.1, -0.05) is 6.92 Å². The van der Waals surface area contributed by atoms with Gasteiger partial charge in [0, 0.05) is 31.5 Å². The molecule has 0 radical (unpaired) electrons. The van der Waals surface area contributed by atoms with Crippen molar-refractivity contribution in [2.75, 3.05) is 17.2 Å². The molecular weight excluding hydrogens is 228 g/mol. The summed E-state index contributed by atoms with van der Waals surface area (Å²) >= 11 is 0. The number of aromatic nitrogens is 2. The van der Waals surface area contributed by atoms with Crippen LogP contribution in [0, 0.1) is 0 Å². The number of anilines is 2. The lowest BCUT2D eigenvalue weighted by atomic mass is 9.94. The second kappa shape index (κ2) is 6.33. The first kappa shape index (κ1) is 12.8. The molecule has 1 heterocycles. The van der Waals surface area contributed by atoms with Crippen molar-refractivity contribution in [3.05, 3.63) is 12.4 Å². The maximum atomic E-state index is 11.2. The van der Waals surface area contributed by atoms with E-state index in [9.17, 15) is 4.79 Å². The fourth-order valence-corrected chi connectivity index (χ4v) is 2.08. The summed E-state index contributed by atoms with van der Waals surface area (Å²) in [5, 5.41) is 6.61. The number of nitrogens with one attached hydrogen (secondary N) is 2. The molecule has 0 bridgehead atoms. The highest BCUT2D eigenvalue weighted by Gasteiger charge is 2.18. The molecule has 0 saturated heterocycles. The van der Waals surface area contributed by atoms with Crippen LogP contribution in [0.5, 0.6) is 0 Å². The molecule has 0 spiro atoms. The smallest absolute Gasteiger partial charge is 0.133 e. The summed E-state index contributed by atoms with van der Waals surface area (Å²) in [6.45, 7) is 3.03. The van der Waals surface area contributed by atoms with E-state index >= 15 is 0 Å². The maximum absolute atomic E-state index is 11.2. The molecule has 1 aromatic rings. The van der Waals surface area contributed by atoms with Gasteiger partial charge < -0.3 is 10.6 Å². The van der Waals surface area contributed by atoms with E-state index in [1.165, 1.54) is 0 Å². The highest BCUT2D eigenvalue weighted by molar-refractivity contribution is 5.79. The van der Waals surface area contributed by atoms with E-state index in [0.717, 1.165) is 37.4 Å². The van der Waals surface area contributed by atoms with Crippen LogP contribution < -0.4 is 10.6 Å². The molecule has 1 fully saturated rings. The molecule has 0 aromatic carbocycles. The largest absolute Gasteiger partial charge is 0.370 e. The molecule has 98 valence electrons. The molecule has 0 atom stereocenters. The van der Waals surface area contributed by atoms with Crippen LogP contribution in [0.3, 0.4) is 0 Å². The van der Waals surface area contributed by atoms with Gasteiger partial charge in [0.25, 0.3) is 0 Å². The molecule has 5 heteroatoms. The predicted octanol–water partition coefficient (Wildman–Crippen LogP) is 2.22. The van der Waals surface area contributed by atoms with Crippen LogP contribution in [0.15, 0.2) is 12.4 Å². The number of hydrogen-bond donors (Lipinski definition) is 2. The molecule has 1 aliphatic rings. The van der Waals surface area contributed by atoms with Gasteiger partial charge >= 0.3 is 0 Å². The minimum Gasteiger partial charge on any atom is -0.370 e. The van der Waals surface area contributed by atoms with Crippen molar-refractivity contribution in [2.24, 2.45) is 0 Å². The van der Waals surface area contributed by atoms with Crippen LogP contribution in [-0.4, -0.2) is 28.3 Å². The Bertz CT molecular complexity index is 398. The normalized spacial score (nSPS) is 16.6. The molecule has 5 nitrogen and oxygen atoms in total. The summed E-state index contributed by atoms with van der Waals surface area (Å²) in [7, 11) is 0. The lowest BCUT2D eigenvalue weighted by molar-refractivity contribution is -0.120. The van der Waals surface area contributed by atoms with Gasteiger partial charge in [0.15, 0.2) is 0 Å². The van der Waals surface area contributed by atoms with Crippen LogP contribution in [-0.2, 0) is 4.79 Å². The Balaban J connectivity index is 1.90. The first-order valence-corrected chi connectivity index (χ1v) is 6.62. The van der Waals surface area contributed by atoms with Crippen molar-refractivity contribution in [3.8, 4) is 0 Å². The number of ketones is 1. The summed E-state index contributed by atoms with van der Waals surface area (Å²) in [5.41, 5.74) is 0. The Morgan fingerprint density at radius 3 is 2.72 bits per heavy atom. The molecule has 1 saturated carbocycles. The van der Waals surface area contributed by atoms with Gasteiger partial charge in [0.2, 0.25) is 0 Å². The van der Waals surface area contributed by atoms with Crippen molar-refractivity contribution in [1.82, 2.24) is 9.97 Å². The van der Waals surface area contributed by atoms with Gasteiger partial charge in [-0.05, 0) is 19.3 Å². The van der Waals surface area contributed by atoms with Gasteiger partial charge in [-0.15, -0.1) is 0 Å². The molecule has 0 unspecified atom stereocenters. The van der Waals surface area contributed by atoms with Gasteiger partial charge in [-0.25, -0.2) is 9.97 Å². The van der Waals surface area contributed by atoms with Crippen LogP contribution in [0.25, 0.3) is 0 Å². The van der Waals surface area contributed by atoms with Gasteiger partial charge in [-0.3, -0.25) is 4.79 Å². The topological polar surface area (TPSA) is 66.9 Å². The first-order valence-electron chi connectivity index (χ1n) is 6.62. The second-order valence-electron chi connectivity index (χ2n) is 4.67. The molecule has 0 aliphatic heterocycles. The fourth-order valence-electron chi connectivity index (χ4n) is 2.08. The molecule has 2 rings (SSSR count). The van der Waals surface area contributed by atoms with E-state index in [2.05, 4.69) is 27.5 Å². The summed E-state index contributed by atoms with van der Waals surface area (Å²) in [6, 6.07) is 2.28. The zero-order chi connectivity index (χ0) is 12.8. The van der Waals surface area contributed by atoms with Gasteiger partial charge in [0.05, 0.1) is 0 Å². The standard InChI is InChI=1S/C13H20N4O/c1-2-7-14-12-8-13(16-9-15-12)17-10-3-5-11(18)6-4-10/h8-10H,2-7H2,1H3,(H2,14,15,16,17). The minimum absolute atomic E-state index is 0.358. The molecule has 0 amide bonds. The van der Waals surface area contributed by atoms with Gasteiger partial charge in [-0.2, -0.15) is 0 Å². The molecular formula is C13H20N4O. The average molecular weight is 248 g/mol. The quantitative estimate of drug-likeness (QED) is 0.836. The van der Waals surface area contributed by atoms with E-state index in [1.54, 1.807) is 6.33 Å². The summed E-state index contributed by atoms with van der Waals surface area (Å²) in [5.74, 6) is 2.06. The summed E-state index contributed by atoms with van der Waals surface area (Å²) < 4.78 is 0. The Kier molecular flexibility index (Phi) is 4.50. The van der Waals surface area contributed by atoms with Crippen molar-refractivity contribution in [2.45, 2.75) is 45.1 Å².